The van der Waals surface area contributed by atoms with Gasteiger partial charge in [0.15, 0.2) is 0 Å². The molecule has 18 heavy (non-hydrogen) atoms. The van der Waals surface area contributed by atoms with E-state index in [4.69, 9.17) is 10.5 Å². The van der Waals surface area contributed by atoms with Crippen LogP contribution in [0.1, 0.15) is 26.7 Å². The van der Waals surface area contributed by atoms with Crippen LogP contribution in [-0.4, -0.2) is 23.9 Å². The van der Waals surface area contributed by atoms with Crippen molar-refractivity contribution in [3.8, 4) is 0 Å². The molecule has 1 atom stereocenters. The normalized spacial score (nSPS) is 13.9. The van der Waals surface area contributed by atoms with Crippen LogP contribution in [0.2, 0.25) is 0 Å². The van der Waals surface area contributed by atoms with Crippen LogP contribution >= 0.6 is 11.8 Å². The maximum atomic E-state index is 11.6. The number of carbonyl (C=O) groups excluding carboxylic acids is 1. The molecule has 2 N–H and O–H groups in total. The Bertz CT molecular complexity index is 365. The predicted molar refractivity (Wildman–Crippen MR) is 75.6 cm³/mol. The highest BCUT2D eigenvalue weighted by Crippen LogP contribution is 2.20. The smallest absolute Gasteiger partial charge is 0.325 e. The number of rotatable bonds is 7. The van der Waals surface area contributed by atoms with Crippen LogP contribution in [0.3, 0.4) is 0 Å². The zero-order chi connectivity index (χ0) is 13.4. The Hall–Kier alpha value is -1.00. The molecule has 1 rings (SSSR count). The summed E-state index contributed by atoms with van der Waals surface area (Å²) in [6.07, 6.45) is 1.54. The van der Waals surface area contributed by atoms with Crippen molar-refractivity contribution < 1.29 is 9.53 Å². The second-order valence-corrected chi connectivity index (χ2v) is 5.57. The van der Waals surface area contributed by atoms with E-state index in [0.717, 1.165) is 12.2 Å². The van der Waals surface area contributed by atoms with Crippen LogP contribution in [-0.2, 0) is 9.53 Å². The lowest BCUT2D eigenvalue weighted by Crippen LogP contribution is -2.46. The summed E-state index contributed by atoms with van der Waals surface area (Å²) < 4.78 is 4.95. The van der Waals surface area contributed by atoms with E-state index in [9.17, 15) is 4.79 Å². The minimum Gasteiger partial charge on any atom is -0.465 e. The maximum absolute atomic E-state index is 11.6. The van der Waals surface area contributed by atoms with Gasteiger partial charge < -0.3 is 10.5 Å². The number of ether oxygens (including phenoxy) is 1. The van der Waals surface area contributed by atoms with Crippen molar-refractivity contribution in [2.45, 2.75) is 37.1 Å². The van der Waals surface area contributed by atoms with Crippen LogP contribution < -0.4 is 5.73 Å². The molecule has 0 saturated heterocycles. The Kier molecular flexibility index (Phi) is 6.22. The van der Waals surface area contributed by atoms with Crippen LogP contribution in [0.15, 0.2) is 35.2 Å². The summed E-state index contributed by atoms with van der Waals surface area (Å²) in [5.41, 5.74) is 5.07. The molecule has 0 radical (unpaired) electrons. The van der Waals surface area contributed by atoms with E-state index in [2.05, 4.69) is 12.1 Å². The van der Waals surface area contributed by atoms with Gasteiger partial charge in [0.2, 0.25) is 0 Å². The minimum atomic E-state index is -0.868. The summed E-state index contributed by atoms with van der Waals surface area (Å²) in [7, 11) is 0. The first-order chi connectivity index (χ1) is 8.56. The Morgan fingerprint density at radius 2 is 2.06 bits per heavy atom. The van der Waals surface area contributed by atoms with E-state index in [-0.39, 0.29) is 5.97 Å². The lowest BCUT2D eigenvalue weighted by atomic mass is 9.98. The van der Waals surface area contributed by atoms with Gasteiger partial charge >= 0.3 is 5.97 Å². The summed E-state index contributed by atoms with van der Waals surface area (Å²) in [5, 5.41) is 0. The fraction of sp³-hybridized carbons (Fsp3) is 0.500. The lowest BCUT2D eigenvalue weighted by molar-refractivity contribution is -0.149. The van der Waals surface area contributed by atoms with Crippen LogP contribution in [0.4, 0.5) is 0 Å². The first-order valence-corrected chi connectivity index (χ1v) is 7.19. The maximum Gasteiger partial charge on any atom is 0.325 e. The van der Waals surface area contributed by atoms with Crippen LogP contribution in [0, 0.1) is 0 Å². The molecule has 0 amide bonds. The van der Waals surface area contributed by atoms with Gasteiger partial charge in [0.05, 0.1) is 6.61 Å². The highest BCUT2D eigenvalue weighted by atomic mass is 32.2. The third kappa shape index (κ3) is 5.10. The van der Waals surface area contributed by atoms with Crippen molar-refractivity contribution in [1.82, 2.24) is 0 Å². The molecule has 0 spiro atoms. The molecule has 0 heterocycles. The summed E-state index contributed by atoms with van der Waals surface area (Å²) in [6, 6.07) is 10.2. The van der Waals surface area contributed by atoms with E-state index in [0.29, 0.717) is 13.0 Å². The van der Waals surface area contributed by atoms with Gasteiger partial charge in [-0.2, -0.15) is 0 Å². The van der Waals surface area contributed by atoms with Gasteiger partial charge in [-0.1, -0.05) is 18.2 Å². The van der Waals surface area contributed by atoms with E-state index in [1.165, 1.54) is 4.90 Å². The molecule has 1 aromatic rings. The fourth-order valence-electron chi connectivity index (χ4n) is 1.54. The molecule has 1 aromatic carbocycles. The highest BCUT2D eigenvalue weighted by molar-refractivity contribution is 7.99. The van der Waals surface area contributed by atoms with Gasteiger partial charge in [-0.3, -0.25) is 4.79 Å². The molecule has 4 heteroatoms. The Morgan fingerprint density at radius 1 is 1.39 bits per heavy atom. The standard InChI is InChI=1S/C14H21NO2S/c1-3-17-13(16)14(2,15)10-7-11-18-12-8-5-4-6-9-12/h4-6,8-9H,3,7,10-11,15H2,1-2H3. The number of carbonyl (C=O) groups is 1. The minimum absolute atomic E-state index is 0.310. The highest BCUT2D eigenvalue weighted by Gasteiger charge is 2.28. The van der Waals surface area contributed by atoms with Crippen molar-refractivity contribution in [3.05, 3.63) is 30.3 Å². The van der Waals surface area contributed by atoms with Gasteiger partial charge in [-0.05, 0) is 44.6 Å². The van der Waals surface area contributed by atoms with Crippen LogP contribution in [0.25, 0.3) is 0 Å². The van der Waals surface area contributed by atoms with E-state index < -0.39 is 5.54 Å². The number of benzene rings is 1. The SMILES string of the molecule is CCOC(=O)C(C)(N)CCCSc1ccccc1. The quantitative estimate of drug-likeness (QED) is 0.469. The van der Waals surface area contributed by atoms with E-state index in [1.807, 2.05) is 18.2 Å². The molecule has 0 aliphatic carbocycles. The van der Waals surface area contributed by atoms with Gasteiger partial charge in [0.25, 0.3) is 0 Å². The topological polar surface area (TPSA) is 52.3 Å². The third-order valence-corrected chi connectivity index (χ3v) is 3.69. The first-order valence-electron chi connectivity index (χ1n) is 6.20. The summed E-state index contributed by atoms with van der Waals surface area (Å²) in [5.74, 6) is 0.644. The fourth-order valence-corrected chi connectivity index (χ4v) is 2.42. The predicted octanol–water partition coefficient (Wildman–Crippen LogP) is 2.84. The molecule has 0 aromatic heterocycles. The second-order valence-electron chi connectivity index (χ2n) is 4.40. The van der Waals surface area contributed by atoms with Crippen molar-refractivity contribution in [1.29, 1.82) is 0 Å². The van der Waals surface area contributed by atoms with Crippen molar-refractivity contribution in [2.75, 3.05) is 12.4 Å². The first kappa shape index (κ1) is 15.1. The molecular weight excluding hydrogens is 246 g/mol. The number of esters is 1. The molecule has 1 unspecified atom stereocenters. The van der Waals surface area contributed by atoms with E-state index >= 15 is 0 Å². The lowest BCUT2D eigenvalue weighted by Gasteiger charge is -2.21. The Balaban J connectivity index is 2.27. The zero-order valence-corrected chi connectivity index (χ0v) is 11.8. The molecule has 0 aliphatic heterocycles. The molecule has 100 valence electrons. The average Bonchev–Trinajstić information content (AvgIpc) is 2.36. The largest absolute Gasteiger partial charge is 0.465 e. The molecule has 3 nitrogen and oxygen atoms in total. The number of nitrogens with two attached hydrogens (primary N) is 1. The van der Waals surface area contributed by atoms with Gasteiger partial charge in [-0.15, -0.1) is 11.8 Å². The molecule has 0 fully saturated rings. The van der Waals surface area contributed by atoms with Crippen LogP contribution in [0.5, 0.6) is 0 Å². The second kappa shape index (κ2) is 7.44. The molecule has 0 saturated carbocycles. The van der Waals surface area contributed by atoms with Gasteiger partial charge in [-0.25, -0.2) is 0 Å². The molecule has 0 aliphatic rings. The summed E-state index contributed by atoms with van der Waals surface area (Å²) in [6.45, 7) is 3.90. The summed E-state index contributed by atoms with van der Waals surface area (Å²) >= 11 is 1.78. The third-order valence-electron chi connectivity index (χ3n) is 2.59. The number of hydrogen-bond acceptors (Lipinski definition) is 4. The molecule has 0 bridgehead atoms. The molecular formula is C14H21NO2S. The van der Waals surface area contributed by atoms with E-state index in [1.54, 1.807) is 25.6 Å². The Morgan fingerprint density at radius 3 is 2.67 bits per heavy atom. The Labute approximate surface area is 113 Å². The van der Waals surface area contributed by atoms with Gasteiger partial charge in [0.1, 0.15) is 5.54 Å². The summed E-state index contributed by atoms with van der Waals surface area (Å²) in [4.78, 5) is 12.8. The van der Waals surface area contributed by atoms with Gasteiger partial charge in [0, 0.05) is 4.90 Å². The van der Waals surface area contributed by atoms with Crippen molar-refractivity contribution in [3.63, 3.8) is 0 Å². The number of hydrogen-bond donors (Lipinski definition) is 1. The number of thioether (sulfide) groups is 1. The zero-order valence-electron chi connectivity index (χ0n) is 11.0. The monoisotopic (exact) mass is 267 g/mol. The average molecular weight is 267 g/mol. The van der Waals surface area contributed by atoms with Crippen molar-refractivity contribution in [2.24, 2.45) is 5.73 Å². The van der Waals surface area contributed by atoms with Crippen molar-refractivity contribution >= 4 is 17.7 Å².